The van der Waals surface area contributed by atoms with Crippen LogP contribution in [-0.2, 0) is 30.2 Å². The van der Waals surface area contributed by atoms with Crippen LogP contribution in [0.1, 0.15) is 76.7 Å². The Labute approximate surface area is 176 Å². The zero-order valence-electron chi connectivity index (χ0n) is 18.0. The van der Waals surface area contributed by atoms with E-state index < -0.39 is 11.9 Å². The van der Waals surface area contributed by atoms with Crippen LogP contribution < -0.4 is 0 Å². The van der Waals surface area contributed by atoms with Gasteiger partial charge < -0.3 is 14.2 Å². The summed E-state index contributed by atoms with van der Waals surface area (Å²) in [6, 6.07) is 10.0. The Bertz CT molecular complexity index is 529. The molecule has 0 amide bonds. The fourth-order valence-electron chi connectivity index (χ4n) is 3.01. The molecule has 0 radical (unpaired) electrons. The second-order valence-electron chi connectivity index (χ2n) is 7.35. The van der Waals surface area contributed by atoms with Gasteiger partial charge in [0, 0.05) is 0 Å². The first kappa shape index (κ1) is 25.2. The van der Waals surface area contributed by atoms with Crippen LogP contribution in [0, 0.1) is 0 Å². The molecule has 0 bridgehead atoms. The molecule has 1 aromatic carbocycles. The van der Waals surface area contributed by atoms with Gasteiger partial charge in [0.15, 0.2) is 0 Å². The van der Waals surface area contributed by atoms with E-state index in [1.54, 1.807) is 0 Å². The van der Waals surface area contributed by atoms with Crippen molar-refractivity contribution in [1.29, 1.82) is 0 Å². The van der Waals surface area contributed by atoms with Crippen LogP contribution in [0.5, 0.6) is 0 Å². The minimum Gasteiger partial charge on any atom is -0.464 e. The van der Waals surface area contributed by atoms with Crippen LogP contribution in [-0.4, -0.2) is 38.4 Å². The van der Waals surface area contributed by atoms with Crippen molar-refractivity contribution in [2.45, 2.75) is 77.6 Å². The summed E-state index contributed by atoms with van der Waals surface area (Å²) < 4.78 is 15.3. The molecule has 0 saturated heterocycles. The van der Waals surface area contributed by atoms with Gasteiger partial charge in [0.25, 0.3) is 0 Å². The molecule has 0 N–H and O–H groups in total. The van der Waals surface area contributed by atoms with Crippen molar-refractivity contribution >= 4 is 11.9 Å². The maximum absolute atomic E-state index is 11.6. The van der Waals surface area contributed by atoms with E-state index in [0.717, 1.165) is 25.7 Å². The minimum absolute atomic E-state index is 0.212. The largest absolute Gasteiger partial charge is 0.464 e. The predicted octanol–water partition coefficient (Wildman–Crippen LogP) is 5.25. The molecule has 0 spiro atoms. The number of rotatable bonds is 18. The van der Waals surface area contributed by atoms with E-state index in [4.69, 9.17) is 14.2 Å². The highest BCUT2D eigenvalue weighted by Gasteiger charge is 2.07. The highest BCUT2D eigenvalue weighted by Crippen LogP contribution is 2.09. The Morgan fingerprint density at radius 3 is 1.79 bits per heavy atom. The monoisotopic (exact) mass is 406 g/mol. The lowest BCUT2D eigenvalue weighted by Gasteiger charge is -2.07. The molecule has 164 valence electrons. The van der Waals surface area contributed by atoms with Gasteiger partial charge in [-0.3, -0.25) is 0 Å². The first-order valence-corrected chi connectivity index (χ1v) is 11.1. The first-order chi connectivity index (χ1) is 14.2. The zero-order valence-corrected chi connectivity index (χ0v) is 18.0. The fourth-order valence-corrected chi connectivity index (χ4v) is 3.01. The second-order valence-corrected chi connectivity index (χ2v) is 7.35. The third-order valence-corrected chi connectivity index (χ3v) is 4.67. The molecule has 0 aliphatic heterocycles. The number of esters is 2. The highest BCUT2D eigenvalue weighted by molar-refractivity contribution is 5.73. The van der Waals surface area contributed by atoms with E-state index in [9.17, 15) is 9.59 Å². The number of carbonyl (C=O) groups is 2. The number of hydrogen-bond acceptors (Lipinski definition) is 5. The maximum atomic E-state index is 11.6. The molecule has 5 heteroatoms. The molecule has 0 fully saturated rings. The minimum atomic E-state index is -0.454. The maximum Gasteiger partial charge on any atom is 0.332 e. The summed E-state index contributed by atoms with van der Waals surface area (Å²) in [5, 5.41) is 0. The third-order valence-electron chi connectivity index (χ3n) is 4.67. The number of ether oxygens (including phenoxy) is 3. The van der Waals surface area contributed by atoms with E-state index >= 15 is 0 Å². The van der Waals surface area contributed by atoms with Crippen LogP contribution in [0.3, 0.4) is 0 Å². The smallest absolute Gasteiger partial charge is 0.332 e. The van der Waals surface area contributed by atoms with E-state index in [-0.39, 0.29) is 13.2 Å². The highest BCUT2D eigenvalue weighted by atomic mass is 16.6. The van der Waals surface area contributed by atoms with E-state index in [2.05, 4.69) is 6.92 Å². The number of unbranched alkanes of at least 4 members (excludes halogenated alkanes) is 8. The summed E-state index contributed by atoms with van der Waals surface area (Å²) in [6.07, 6.45) is 12.6. The van der Waals surface area contributed by atoms with Gasteiger partial charge in [0.2, 0.25) is 0 Å². The summed E-state index contributed by atoms with van der Waals surface area (Å²) >= 11 is 0. The SMILES string of the molecule is CCCCCCCCCCCOC(=O)COCC(=O)OCCCc1ccccc1. The molecule has 1 aromatic rings. The molecule has 5 nitrogen and oxygen atoms in total. The van der Waals surface area contributed by atoms with Gasteiger partial charge in [0.1, 0.15) is 13.2 Å². The van der Waals surface area contributed by atoms with Crippen LogP contribution >= 0.6 is 0 Å². The number of benzene rings is 1. The summed E-state index contributed by atoms with van der Waals surface area (Å²) in [6.45, 7) is 2.56. The topological polar surface area (TPSA) is 61.8 Å². The lowest BCUT2D eigenvalue weighted by molar-refractivity contribution is -0.155. The summed E-state index contributed by atoms with van der Waals surface area (Å²) in [5.74, 6) is -0.883. The van der Waals surface area contributed by atoms with Gasteiger partial charge in [-0.25, -0.2) is 9.59 Å². The van der Waals surface area contributed by atoms with Gasteiger partial charge in [-0.05, 0) is 24.8 Å². The van der Waals surface area contributed by atoms with E-state index in [1.807, 2.05) is 30.3 Å². The molecule has 0 aliphatic carbocycles. The number of aryl methyl sites for hydroxylation is 1. The van der Waals surface area contributed by atoms with Crippen molar-refractivity contribution in [3.63, 3.8) is 0 Å². The molecule has 0 aliphatic rings. The van der Waals surface area contributed by atoms with Gasteiger partial charge in [-0.15, -0.1) is 0 Å². The fraction of sp³-hybridized carbons (Fsp3) is 0.667. The van der Waals surface area contributed by atoms with Crippen molar-refractivity contribution in [2.75, 3.05) is 26.4 Å². The standard InChI is InChI=1S/C24H38O5/c1-2-3-4-5-6-7-8-9-13-18-28-23(25)20-27-21-24(26)29-19-14-17-22-15-11-10-12-16-22/h10-12,15-16H,2-9,13-14,17-21H2,1H3. The van der Waals surface area contributed by atoms with Crippen LogP contribution in [0.2, 0.25) is 0 Å². The van der Waals surface area contributed by atoms with Crippen molar-refractivity contribution in [1.82, 2.24) is 0 Å². The lowest BCUT2D eigenvalue weighted by Crippen LogP contribution is -2.19. The van der Waals surface area contributed by atoms with Gasteiger partial charge >= 0.3 is 11.9 Å². The normalized spacial score (nSPS) is 10.7. The summed E-state index contributed by atoms with van der Waals surface area (Å²) in [7, 11) is 0. The van der Waals surface area contributed by atoms with Crippen LogP contribution in [0.15, 0.2) is 30.3 Å². The lowest BCUT2D eigenvalue weighted by atomic mass is 10.1. The Kier molecular flexibility index (Phi) is 15.8. The van der Waals surface area contributed by atoms with Crippen molar-refractivity contribution in [2.24, 2.45) is 0 Å². The average molecular weight is 407 g/mol. The van der Waals surface area contributed by atoms with Crippen LogP contribution in [0.25, 0.3) is 0 Å². The second kappa shape index (κ2) is 18.2. The van der Waals surface area contributed by atoms with E-state index in [1.165, 1.54) is 50.5 Å². The molecular formula is C24H38O5. The third kappa shape index (κ3) is 15.7. The molecule has 0 aromatic heterocycles. The number of hydrogen-bond donors (Lipinski definition) is 0. The van der Waals surface area contributed by atoms with Gasteiger partial charge in [-0.2, -0.15) is 0 Å². The predicted molar refractivity (Wildman–Crippen MR) is 115 cm³/mol. The first-order valence-electron chi connectivity index (χ1n) is 11.1. The Hall–Kier alpha value is -1.88. The average Bonchev–Trinajstić information content (AvgIpc) is 2.73. The van der Waals surface area contributed by atoms with E-state index in [0.29, 0.717) is 13.2 Å². The molecule has 0 saturated carbocycles. The molecule has 29 heavy (non-hydrogen) atoms. The zero-order chi connectivity index (χ0) is 21.0. The van der Waals surface area contributed by atoms with Gasteiger partial charge in [0.05, 0.1) is 13.2 Å². The van der Waals surface area contributed by atoms with Crippen molar-refractivity contribution in [3.05, 3.63) is 35.9 Å². The number of carbonyl (C=O) groups excluding carboxylic acids is 2. The van der Waals surface area contributed by atoms with Crippen molar-refractivity contribution in [3.8, 4) is 0 Å². The summed E-state index contributed by atoms with van der Waals surface area (Å²) in [5.41, 5.74) is 1.22. The van der Waals surface area contributed by atoms with Crippen molar-refractivity contribution < 1.29 is 23.8 Å². The molecular weight excluding hydrogens is 368 g/mol. The Morgan fingerprint density at radius 1 is 0.690 bits per heavy atom. The molecule has 1 rings (SSSR count). The Balaban J connectivity index is 1.86. The van der Waals surface area contributed by atoms with Gasteiger partial charge in [-0.1, -0.05) is 88.6 Å². The quantitative estimate of drug-likeness (QED) is 0.246. The van der Waals surface area contributed by atoms with Crippen LogP contribution in [0.4, 0.5) is 0 Å². The molecule has 0 heterocycles. The summed E-state index contributed by atoms with van der Waals surface area (Å²) in [4.78, 5) is 23.2. The molecule has 0 atom stereocenters. The molecule has 0 unspecified atom stereocenters. The Morgan fingerprint density at radius 2 is 1.21 bits per heavy atom.